The molecule has 1 heterocycles. The van der Waals surface area contributed by atoms with E-state index in [-0.39, 0.29) is 11.4 Å². The Hall–Kier alpha value is -2.18. The minimum Gasteiger partial charge on any atom is -0.461 e. The topological polar surface area (TPSA) is 59.3 Å². The van der Waals surface area contributed by atoms with Gasteiger partial charge >= 0.3 is 0 Å². The first-order valence-corrected chi connectivity index (χ1v) is 8.26. The highest BCUT2D eigenvalue weighted by molar-refractivity contribution is 7.89. The summed E-state index contributed by atoms with van der Waals surface area (Å²) < 4.78 is 45.0. The standard InChI is InChI=1S/C16H14FNO3S/c17-13-5-7-15(8-6-13)22(19,20)18-10-9-14-11-12-3-1-2-4-16(12)21-14/h1-8,11,18H,9-10H2. The van der Waals surface area contributed by atoms with Crippen molar-refractivity contribution in [3.8, 4) is 0 Å². The van der Waals surface area contributed by atoms with Crippen LogP contribution >= 0.6 is 0 Å². The molecule has 1 aromatic heterocycles. The number of benzene rings is 2. The van der Waals surface area contributed by atoms with Gasteiger partial charge in [0.2, 0.25) is 10.0 Å². The Balaban J connectivity index is 1.65. The lowest BCUT2D eigenvalue weighted by Crippen LogP contribution is -2.25. The van der Waals surface area contributed by atoms with Crippen LogP contribution in [0.15, 0.2) is 63.9 Å². The second-order valence-corrected chi connectivity index (χ2v) is 6.62. The Kier molecular flexibility index (Phi) is 3.96. The van der Waals surface area contributed by atoms with Crippen molar-refractivity contribution in [2.45, 2.75) is 11.3 Å². The molecule has 6 heteroatoms. The van der Waals surface area contributed by atoms with Crippen LogP contribution in [0.2, 0.25) is 0 Å². The normalized spacial score (nSPS) is 11.9. The lowest BCUT2D eigenvalue weighted by Gasteiger charge is -2.05. The predicted molar refractivity (Wildman–Crippen MR) is 81.5 cm³/mol. The van der Waals surface area contributed by atoms with E-state index in [4.69, 9.17) is 4.42 Å². The molecule has 3 rings (SSSR count). The van der Waals surface area contributed by atoms with Gasteiger partial charge in [0.25, 0.3) is 0 Å². The van der Waals surface area contributed by atoms with Gasteiger partial charge in [-0.25, -0.2) is 17.5 Å². The second-order valence-electron chi connectivity index (χ2n) is 4.85. The van der Waals surface area contributed by atoms with E-state index in [1.807, 2.05) is 30.3 Å². The number of para-hydroxylation sites is 1. The van der Waals surface area contributed by atoms with Crippen LogP contribution in [-0.2, 0) is 16.4 Å². The quantitative estimate of drug-likeness (QED) is 0.786. The van der Waals surface area contributed by atoms with E-state index >= 15 is 0 Å². The largest absolute Gasteiger partial charge is 0.461 e. The van der Waals surface area contributed by atoms with Crippen LogP contribution in [-0.4, -0.2) is 15.0 Å². The lowest BCUT2D eigenvalue weighted by molar-refractivity contribution is 0.540. The molecule has 0 bridgehead atoms. The number of rotatable bonds is 5. The van der Waals surface area contributed by atoms with E-state index in [9.17, 15) is 12.8 Å². The first-order valence-electron chi connectivity index (χ1n) is 6.77. The molecule has 0 aliphatic rings. The molecule has 0 unspecified atom stereocenters. The third-order valence-electron chi connectivity index (χ3n) is 3.26. The molecule has 0 spiro atoms. The molecular weight excluding hydrogens is 305 g/mol. The minimum absolute atomic E-state index is 0.0403. The Bertz CT molecular complexity index is 852. The summed E-state index contributed by atoms with van der Waals surface area (Å²) in [6.45, 7) is 0.208. The zero-order chi connectivity index (χ0) is 15.6. The minimum atomic E-state index is -3.64. The highest BCUT2D eigenvalue weighted by Crippen LogP contribution is 2.19. The fraction of sp³-hybridized carbons (Fsp3) is 0.125. The molecule has 114 valence electrons. The summed E-state index contributed by atoms with van der Waals surface area (Å²) in [4.78, 5) is 0.0403. The second kappa shape index (κ2) is 5.90. The number of hydrogen-bond donors (Lipinski definition) is 1. The fourth-order valence-electron chi connectivity index (χ4n) is 2.17. The highest BCUT2D eigenvalue weighted by atomic mass is 32.2. The average molecular weight is 319 g/mol. The van der Waals surface area contributed by atoms with Crippen molar-refractivity contribution < 1.29 is 17.2 Å². The van der Waals surface area contributed by atoms with Gasteiger partial charge in [-0.15, -0.1) is 0 Å². The highest BCUT2D eigenvalue weighted by Gasteiger charge is 2.13. The summed E-state index contributed by atoms with van der Waals surface area (Å²) >= 11 is 0. The number of fused-ring (bicyclic) bond motifs is 1. The maximum absolute atomic E-state index is 12.8. The number of halogens is 1. The molecule has 0 radical (unpaired) electrons. The van der Waals surface area contributed by atoms with Crippen LogP contribution in [0.25, 0.3) is 11.0 Å². The third-order valence-corrected chi connectivity index (χ3v) is 4.74. The lowest BCUT2D eigenvalue weighted by atomic mass is 10.2. The average Bonchev–Trinajstić information content (AvgIpc) is 2.90. The van der Waals surface area contributed by atoms with Gasteiger partial charge in [0.05, 0.1) is 4.90 Å². The molecule has 4 nitrogen and oxygen atoms in total. The molecule has 3 aromatic rings. The van der Waals surface area contributed by atoms with E-state index in [1.165, 1.54) is 12.1 Å². The third kappa shape index (κ3) is 3.18. The molecule has 0 atom stereocenters. The predicted octanol–water partition coefficient (Wildman–Crippen LogP) is 3.09. The van der Waals surface area contributed by atoms with E-state index in [0.717, 1.165) is 23.1 Å². The molecule has 0 amide bonds. The van der Waals surface area contributed by atoms with Gasteiger partial charge < -0.3 is 4.42 Å². The maximum atomic E-state index is 12.8. The maximum Gasteiger partial charge on any atom is 0.240 e. The molecule has 0 aliphatic heterocycles. The van der Waals surface area contributed by atoms with Gasteiger partial charge in [0.15, 0.2) is 0 Å². The number of hydrogen-bond acceptors (Lipinski definition) is 3. The van der Waals surface area contributed by atoms with Crippen molar-refractivity contribution in [1.29, 1.82) is 0 Å². The van der Waals surface area contributed by atoms with Crippen molar-refractivity contribution in [3.05, 3.63) is 66.2 Å². The molecule has 1 N–H and O–H groups in total. The van der Waals surface area contributed by atoms with Crippen LogP contribution in [0.5, 0.6) is 0 Å². The van der Waals surface area contributed by atoms with Gasteiger partial charge in [-0.3, -0.25) is 0 Å². The van der Waals surface area contributed by atoms with Crippen molar-refractivity contribution in [2.24, 2.45) is 0 Å². The smallest absolute Gasteiger partial charge is 0.240 e. The summed E-state index contributed by atoms with van der Waals surface area (Å²) in [5.41, 5.74) is 0.777. The van der Waals surface area contributed by atoms with E-state index in [2.05, 4.69) is 4.72 Å². The molecule has 0 fully saturated rings. The Labute approximate surface area is 127 Å². The van der Waals surface area contributed by atoms with Crippen LogP contribution in [0.1, 0.15) is 5.76 Å². The molecule has 0 saturated heterocycles. The first kappa shape index (κ1) is 14.7. The van der Waals surface area contributed by atoms with Crippen LogP contribution in [0, 0.1) is 5.82 Å². The zero-order valence-corrected chi connectivity index (χ0v) is 12.4. The Morgan fingerprint density at radius 3 is 2.50 bits per heavy atom. The summed E-state index contributed by atoms with van der Waals surface area (Å²) in [6.07, 6.45) is 0.440. The van der Waals surface area contributed by atoms with Gasteiger partial charge in [0.1, 0.15) is 17.2 Å². The summed E-state index contributed by atoms with van der Waals surface area (Å²) in [6, 6.07) is 14.2. The van der Waals surface area contributed by atoms with Crippen LogP contribution in [0.3, 0.4) is 0 Å². The monoisotopic (exact) mass is 319 g/mol. The van der Waals surface area contributed by atoms with E-state index in [1.54, 1.807) is 0 Å². The van der Waals surface area contributed by atoms with Crippen molar-refractivity contribution in [3.63, 3.8) is 0 Å². The van der Waals surface area contributed by atoms with Gasteiger partial charge in [-0.2, -0.15) is 0 Å². The van der Waals surface area contributed by atoms with Crippen molar-refractivity contribution in [2.75, 3.05) is 6.54 Å². The summed E-state index contributed by atoms with van der Waals surface area (Å²) in [7, 11) is -3.64. The van der Waals surface area contributed by atoms with Gasteiger partial charge in [0, 0.05) is 18.4 Å². The van der Waals surface area contributed by atoms with Gasteiger partial charge in [-0.05, 0) is 36.4 Å². The molecule has 0 saturated carbocycles. The van der Waals surface area contributed by atoms with Crippen molar-refractivity contribution in [1.82, 2.24) is 4.72 Å². The van der Waals surface area contributed by atoms with Crippen LogP contribution in [0.4, 0.5) is 4.39 Å². The number of furan rings is 1. The fourth-order valence-corrected chi connectivity index (χ4v) is 3.20. The molecular formula is C16H14FNO3S. The first-order chi connectivity index (χ1) is 10.5. The van der Waals surface area contributed by atoms with Crippen LogP contribution < -0.4 is 4.72 Å². The summed E-state index contributed by atoms with van der Waals surface area (Å²) in [5.74, 6) is 0.240. The molecule has 0 aliphatic carbocycles. The Morgan fingerprint density at radius 1 is 1.05 bits per heavy atom. The summed E-state index contributed by atoms with van der Waals surface area (Å²) in [5, 5.41) is 0.985. The van der Waals surface area contributed by atoms with Crippen molar-refractivity contribution >= 4 is 21.0 Å². The zero-order valence-electron chi connectivity index (χ0n) is 11.6. The van der Waals surface area contributed by atoms with E-state index in [0.29, 0.717) is 12.2 Å². The molecule has 22 heavy (non-hydrogen) atoms. The Morgan fingerprint density at radius 2 is 1.77 bits per heavy atom. The van der Waals surface area contributed by atoms with E-state index < -0.39 is 15.8 Å². The number of nitrogens with one attached hydrogen (secondary N) is 1. The SMILES string of the molecule is O=S(=O)(NCCc1cc2ccccc2o1)c1ccc(F)cc1. The number of sulfonamides is 1. The van der Waals surface area contributed by atoms with Gasteiger partial charge in [-0.1, -0.05) is 18.2 Å². The molecule has 2 aromatic carbocycles.